The quantitative estimate of drug-likeness (QED) is 0.0245. The minimum atomic E-state index is -0.792. The van der Waals surface area contributed by atoms with Gasteiger partial charge in [-0.25, -0.2) is 0 Å². The van der Waals surface area contributed by atoms with E-state index in [9.17, 15) is 19.8 Å². The predicted molar refractivity (Wildman–Crippen MR) is 264 cm³/mol. The highest BCUT2D eigenvalue weighted by Crippen LogP contribution is 2.17. The molecule has 0 aliphatic heterocycles. The molecule has 0 rings (SSSR count). The highest BCUT2D eigenvalue weighted by Gasteiger charge is 2.24. The third kappa shape index (κ3) is 44.5. The maximum atomic E-state index is 13.2. The molecule has 61 heavy (non-hydrogen) atoms. The first kappa shape index (κ1) is 59.1. The molecule has 3 unspecified atom stereocenters. The summed E-state index contributed by atoms with van der Waals surface area (Å²) in [5.74, 6) is -0.497. The van der Waals surface area contributed by atoms with Crippen LogP contribution in [0, 0.1) is 0 Å². The van der Waals surface area contributed by atoms with E-state index in [1.165, 1.54) is 161 Å². The molecule has 0 aromatic carbocycles. The molecule has 6 heteroatoms. The summed E-state index contributed by atoms with van der Waals surface area (Å²) in [5.41, 5.74) is 0. The molecule has 0 fully saturated rings. The number of hydrogen-bond acceptors (Lipinski definition) is 5. The number of ether oxygens (including phenoxy) is 1. The molecule has 0 aliphatic rings. The van der Waals surface area contributed by atoms with Crippen molar-refractivity contribution in [3.8, 4) is 0 Å². The Morgan fingerprint density at radius 1 is 0.475 bits per heavy atom. The number of aliphatic hydroxyl groups excluding tert-OH is 2. The van der Waals surface area contributed by atoms with Crippen molar-refractivity contribution in [1.82, 2.24) is 5.32 Å². The van der Waals surface area contributed by atoms with Crippen molar-refractivity contribution >= 4 is 11.9 Å². The van der Waals surface area contributed by atoms with Crippen molar-refractivity contribution < 1.29 is 24.5 Å². The molecular formula is C55H103NO5. The molecule has 0 radical (unpaired) electrons. The van der Waals surface area contributed by atoms with Crippen molar-refractivity contribution in [2.45, 2.75) is 296 Å². The minimum Gasteiger partial charge on any atom is -0.462 e. The van der Waals surface area contributed by atoms with Crippen molar-refractivity contribution in [3.05, 3.63) is 36.5 Å². The molecule has 0 saturated carbocycles. The van der Waals surface area contributed by atoms with Crippen LogP contribution in [-0.2, 0) is 14.3 Å². The van der Waals surface area contributed by atoms with Gasteiger partial charge in [0, 0.05) is 6.42 Å². The monoisotopic (exact) mass is 858 g/mol. The summed E-state index contributed by atoms with van der Waals surface area (Å²) in [6.07, 6.45) is 57.8. The second-order valence-electron chi connectivity index (χ2n) is 18.3. The van der Waals surface area contributed by atoms with E-state index in [0.29, 0.717) is 19.3 Å². The molecule has 0 heterocycles. The average molecular weight is 858 g/mol. The summed E-state index contributed by atoms with van der Waals surface area (Å²) in [7, 11) is 0. The molecule has 0 aliphatic carbocycles. The van der Waals surface area contributed by atoms with E-state index in [-0.39, 0.29) is 24.9 Å². The number of hydrogen-bond donors (Lipinski definition) is 3. The van der Waals surface area contributed by atoms with Crippen molar-refractivity contribution in [2.75, 3.05) is 6.61 Å². The summed E-state index contributed by atoms with van der Waals surface area (Å²) in [5, 5.41) is 23.7. The van der Waals surface area contributed by atoms with Crippen LogP contribution in [0.5, 0.6) is 0 Å². The maximum Gasteiger partial charge on any atom is 0.306 e. The van der Waals surface area contributed by atoms with E-state index in [1.54, 1.807) is 0 Å². The summed E-state index contributed by atoms with van der Waals surface area (Å²) in [6, 6.07) is -0.708. The smallest absolute Gasteiger partial charge is 0.306 e. The van der Waals surface area contributed by atoms with Gasteiger partial charge in [0.25, 0.3) is 0 Å². The number of aliphatic hydroxyl groups is 2. The Morgan fingerprint density at radius 2 is 0.836 bits per heavy atom. The Balaban J connectivity index is 4.59. The SMILES string of the molecule is CCCCCCCC/C=C/CCCCCCCCCC(=O)OC(CCCCC/C=C/C=C/CCCCCCCCC)CC(=O)NC(CO)C(O)CCCCCCCCCCC. The molecule has 0 bridgehead atoms. The Morgan fingerprint density at radius 3 is 1.28 bits per heavy atom. The Bertz CT molecular complexity index is 1010. The van der Waals surface area contributed by atoms with Gasteiger partial charge in [-0.15, -0.1) is 0 Å². The molecule has 3 N–H and O–H groups in total. The first-order chi connectivity index (χ1) is 30.0. The second kappa shape index (κ2) is 49.1. The van der Waals surface area contributed by atoms with Crippen molar-refractivity contribution in [1.29, 1.82) is 0 Å². The van der Waals surface area contributed by atoms with Crippen LogP contribution in [0.15, 0.2) is 36.5 Å². The normalized spacial score (nSPS) is 13.5. The number of nitrogens with one attached hydrogen (secondary N) is 1. The van der Waals surface area contributed by atoms with E-state index in [1.807, 2.05) is 0 Å². The van der Waals surface area contributed by atoms with Crippen molar-refractivity contribution in [2.24, 2.45) is 0 Å². The second-order valence-corrected chi connectivity index (χ2v) is 18.3. The van der Waals surface area contributed by atoms with E-state index in [2.05, 4.69) is 62.5 Å². The molecular weight excluding hydrogens is 755 g/mol. The Kier molecular flexibility index (Phi) is 47.6. The van der Waals surface area contributed by atoms with Gasteiger partial charge >= 0.3 is 5.97 Å². The highest BCUT2D eigenvalue weighted by molar-refractivity contribution is 5.77. The van der Waals surface area contributed by atoms with Crippen LogP contribution in [-0.4, -0.2) is 46.9 Å². The van der Waals surface area contributed by atoms with E-state index in [0.717, 1.165) is 70.6 Å². The number of carbonyl (C=O) groups excluding carboxylic acids is 2. The largest absolute Gasteiger partial charge is 0.462 e. The fourth-order valence-corrected chi connectivity index (χ4v) is 8.12. The molecule has 0 aromatic heterocycles. The van der Waals surface area contributed by atoms with Gasteiger partial charge in [0.15, 0.2) is 0 Å². The minimum absolute atomic E-state index is 0.0602. The zero-order valence-corrected chi connectivity index (χ0v) is 40.8. The predicted octanol–water partition coefficient (Wildman–Crippen LogP) is 16.1. The van der Waals surface area contributed by atoms with Gasteiger partial charge in [0.05, 0.1) is 25.2 Å². The lowest BCUT2D eigenvalue weighted by atomic mass is 10.0. The maximum absolute atomic E-state index is 13.2. The standard InChI is InChI=1S/C55H103NO5/c1-4-7-10-13-16-19-21-23-25-27-29-31-33-36-39-42-45-48-55(60)61-51(46-43-40-37-35-32-30-28-26-24-22-20-17-14-11-8-5-2)49-54(59)56-52(50-57)53(58)47-44-41-38-34-18-15-12-9-6-3/h23,25-26,28,30,32,51-53,57-58H,4-22,24,27,29,31,33-50H2,1-3H3,(H,56,59)/b25-23+,28-26+,32-30+. The lowest BCUT2D eigenvalue weighted by molar-refractivity contribution is -0.151. The number of esters is 1. The fourth-order valence-electron chi connectivity index (χ4n) is 8.12. The van der Waals surface area contributed by atoms with Gasteiger partial charge in [-0.2, -0.15) is 0 Å². The van der Waals surface area contributed by atoms with E-state index < -0.39 is 18.2 Å². The summed E-state index contributed by atoms with van der Waals surface area (Å²) >= 11 is 0. The fraction of sp³-hybridized carbons (Fsp3) is 0.855. The van der Waals surface area contributed by atoms with Gasteiger partial charge in [0.1, 0.15) is 6.10 Å². The number of unbranched alkanes of at least 4 members (excludes halogenated alkanes) is 31. The molecule has 1 amide bonds. The first-order valence-electron chi connectivity index (χ1n) is 26.7. The molecule has 358 valence electrons. The van der Waals surface area contributed by atoms with E-state index >= 15 is 0 Å². The highest BCUT2D eigenvalue weighted by atomic mass is 16.5. The van der Waals surface area contributed by atoms with Gasteiger partial charge in [-0.1, -0.05) is 224 Å². The van der Waals surface area contributed by atoms with Crippen LogP contribution in [0.1, 0.15) is 278 Å². The van der Waals surface area contributed by atoms with Crippen LogP contribution in [0.25, 0.3) is 0 Å². The van der Waals surface area contributed by atoms with Gasteiger partial charge in [-0.3, -0.25) is 9.59 Å². The molecule has 6 nitrogen and oxygen atoms in total. The number of carbonyl (C=O) groups is 2. The van der Waals surface area contributed by atoms with E-state index in [4.69, 9.17) is 4.74 Å². The van der Waals surface area contributed by atoms with Crippen molar-refractivity contribution in [3.63, 3.8) is 0 Å². The number of allylic oxidation sites excluding steroid dienone is 6. The van der Waals surface area contributed by atoms with Gasteiger partial charge < -0.3 is 20.3 Å². The summed E-state index contributed by atoms with van der Waals surface area (Å²) < 4.78 is 5.93. The zero-order chi connectivity index (χ0) is 44.5. The van der Waals surface area contributed by atoms with Crippen LogP contribution < -0.4 is 5.32 Å². The molecule has 0 spiro atoms. The zero-order valence-electron chi connectivity index (χ0n) is 40.8. The topological polar surface area (TPSA) is 95.9 Å². The lowest BCUT2D eigenvalue weighted by Crippen LogP contribution is -2.46. The number of rotatable bonds is 48. The van der Waals surface area contributed by atoms with Crippen LogP contribution in [0.4, 0.5) is 0 Å². The Hall–Kier alpha value is -1.92. The van der Waals surface area contributed by atoms with Gasteiger partial charge in [-0.05, 0) is 77.0 Å². The molecule has 3 atom stereocenters. The van der Waals surface area contributed by atoms with Gasteiger partial charge in [0.2, 0.25) is 5.91 Å². The third-order valence-electron chi connectivity index (χ3n) is 12.2. The Labute approximate surface area is 379 Å². The van der Waals surface area contributed by atoms with Crippen LogP contribution in [0.3, 0.4) is 0 Å². The van der Waals surface area contributed by atoms with Crippen LogP contribution in [0.2, 0.25) is 0 Å². The molecule has 0 saturated heterocycles. The first-order valence-corrected chi connectivity index (χ1v) is 26.7. The number of amides is 1. The average Bonchev–Trinajstić information content (AvgIpc) is 3.25. The summed E-state index contributed by atoms with van der Waals surface area (Å²) in [6.45, 7) is 6.46. The third-order valence-corrected chi connectivity index (χ3v) is 12.2. The summed E-state index contributed by atoms with van der Waals surface area (Å²) in [4.78, 5) is 26.1. The molecule has 0 aromatic rings. The van der Waals surface area contributed by atoms with Crippen LogP contribution >= 0.6 is 0 Å². The lowest BCUT2D eigenvalue weighted by Gasteiger charge is -2.24.